The molecular weight excluding hydrogens is 313 g/mol. The van der Waals surface area contributed by atoms with E-state index in [1.54, 1.807) is 19.2 Å². The van der Waals surface area contributed by atoms with Crippen molar-refractivity contribution >= 4 is 50.0 Å². The summed E-state index contributed by atoms with van der Waals surface area (Å²) in [6.07, 6.45) is 0. The summed E-state index contributed by atoms with van der Waals surface area (Å²) in [5.41, 5.74) is 1.54. The van der Waals surface area contributed by atoms with E-state index in [0.717, 1.165) is 21.1 Å². The molecule has 0 fully saturated rings. The molecule has 0 radical (unpaired) electrons. The van der Waals surface area contributed by atoms with Gasteiger partial charge in [0, 0.05) is 16.5 Å². The number of aromatic nitrogens is 1. The van der Waals surface area contributed by atoms with Crippen LogP contribution < -0.4 is 4.74 Å². The summed E-state index contributed by atoms with van der Waals surface area (Å²) in [6.45, 7) is 1.88. The first kappa shape index (κ1) is 12.0. The normalized spacial score (nSPS) is 10.8. The van der Waals surface area contributed by atoms with Crippen molar-refractivity contribution in [1.29, 1.82) is 0 Å². The number of nitrogens with zero attached hydrogens (tertiary/aromatic N) is 1. The van der Waals surface area contributed by atoms with Crippen molar-refractivity contribution in [3.63, 3.8) is 0 Å². The predicted octanol–water partition coefficient (Wildman–Crippen LogP) is 4.62. The Labute approximate surface area is 112 Å². The first-order chi connectivity index (χ1) is 7.54. The summed E-state index contributed by atoms with van der Waals surface area (Å²) in [5, 5.41) is 1.95. The first-order valence-electron chi connectivity index (χ1n) is 4.53. The summed E-state index contributed by atoms with van der Waals surface area (Å²) >= 11 is 15.6. The van der Waals surface area contributed by atoms with Crippen LogP contribution in [0, 0.1) is 6.92 Å². The number of rotatable bonds is 1. The lowest BCUT2D eigenvalue weighted by Crippen LogP contribution is -1.92. The lowest BCUT2D eigenvalue weighted by molar-refractivity contribution is 0.419. The summed E-state index contributed by atoms with van der Waals surface area (Å²) < 4.78 is 6.02. The van der Waals surface area contributed by atoms with Crippen molar-refractivity contribution in [1.82, 2.24) is 4.98 Å². The van der Waals surface area contributed by atoms with Gasteiger partial charge in [0.15, 0.2) is 0 Å². The number of hydrogen-bond acceptors (Lipinski definition) is 2. The van der Waals surface area contributed by atoms with Crippen molar-refractivity contribution in [2.24, 2.45) is 0 Å². The van der Waals surface area contributed by atoms with Crippen molar-refractivity contribution in [2.75, 3.05) is 7.11 Å². The molecule has 2 nitrogen and oxygen atoms in total. The number of halogens is 3. The number of pyridine rings is 1. The Hall–Kier alpha value is -0.510. The average Bonchev–Trinajstić information content (AvgIpc) is 2.26. The van der Waals surface area contributed by atoms with Gasteiger partial charge in [-0.2, -0.15) is 0 Å². The van der Waals surface area contributed by atoms with Gasteiger partial charge in [0.1, 0.15) is 11.3 Å². The Bertz CT molecular complexity index is 572. The standard InChI is InChI=1S/C11H8BrCl2NO/c1-5-9(12)10(14)7-3-6(13)4-8(16-2)11(7)15-5/h3-4H,1-2H3. The van der Waals surface area contributed by atoms with Crippen LogP contribution in [0.1, 0.15) is 5.69 Å². The molecule has 2 rings (SSSR count). The zero-order valence-electron chi connectivity index (χ0n) is 8.64. The van der Waals surface area contributed by atoms with Gasteiger partial charge in [-0.15, -0.1) is 0 Å². The van der Waals surface area contributed by atoms with Crippen LogP contribution in [-0.4, -0.2) is 12.1 Å². The third-order valence-electron chi connectivity index (χ3n) is 2.29. The molecule has 0 spiro atoms. The SMILES string of the molecule is COc1cc(Cl)cc2c(Cl)c(Br)c(C)nc12. The highest BCUT2D eigenvalue weighted by Gasteiger charge is 2.13. The highest BCUT2D eigenvalue weighted by molar-refractivity contribution is 9.10. The van der Waals surface area contributed by atoms with E-state index in [1.807, 2.05) is 6.92 Å². The van der Waals surface area contributed by atoms with Crippen LogP contribution in [-0.2, 0) is 0 Å². The number of benzene rings is 1. The Balaban J connectivity index is 2.94. The molecule has 1 aromatic heterocycles. The smallest absolute Gasteiger partial charge is 0.146 e. The fraction of sp³-hybridized carbons (Fsp3) is 0.182. The van der Waals surface area contributed by atoms with Crippen molar-refractivity contribution in [2.45, 2.75) is 6.92 Å². The molecule has 0 saturated heterocycles. The maximum atomic E-state index is 6.23. The highest BCUT2D eigenvalue weighted by atomic mass is 79.9. The van der Waals surface area contributed by atoms with Gasteiger partial charge in [-0.25, -0.2) is 4.98 Å². The van der Waals surface area contributed by atoms with Gasteiger partial charge in [-0.05, 0) is 28.9 Å². The van der Waals surface area contributed by atoms with Crippen LogP contribution in [0.3, 0.4) is 0 Å². The molecule has 84 valence electrons. The summed E-state index contributed by atoms with van der Waals surface area (Å²) in [5.74, 6) is 0.625. The van der Waals surface area contributed by atoms with Crippen LogP contribution in [0.5, 0.6) is 5.75 Å². The molecule has 1 aromatic carbocycles. The van der Waals surface area contributed by atoms with Crippen LogP contribution in [0.25, 0.3) is 10.9 Å². The van der Waals surface area contributed by atoms with Gasteiger partial charge in [0.05, 0.1) is 22.3 Å². The number of fused-ring (bicyclic) bond motifs is 1. The van der Waals surface area contributed by atoms with E-state index >= 15 is 0 Å². The number of hydrogen-bond donors (Lipinski definition) is 0. The zero-order chi connectivity index (χ0) is 11.9. The fourth-order valence-corrected chi connectivity index (χ4v) is 2.30. The molecule has 16 heavy (non-hydrogen) atoms. The Kier molecular flexibility index (Phi) is 3.29. The van der Waals surface area contributed by atoms with E-state index in [4.69, 9.17) is 27.9 Å². The van der Waals surface area contributed by atoms with Crippen LogP contribution in [0.2, 0.25) is 10.0 Å². The monoisotopic (exact) mass is 319 g/mol. The molecule has 0 aliphatic rings. The second-order valence-corrected chi connectivity index (χ2v) is 4.94. The maximum absolute atomic E-state index is 6.23. The van der Waals surface area contributed by atoms with Gasteiger partial charge in [-0.3, -0.25) is 0 Å². The van der Waals surface area contributed by atoms with Crippen LogP contribution >= 0.6 is 39.1 Å². The summed E-state index contributed by atoms with van der Waals surface area (Å²) in [7, 11) is 1.58. The van der Waals surface area contributed by atoms with Gasteiger partial charge >= 0.3 is 0 Å². The number of methoxy groups -OCH3 is 1. The van der Waals surface area contributed by atoms with Gasteiger partial charge in [-0.1, -0.05) is 23.2 Å². The molecule has 2 aromatic rings. The average molecular weight is 321 g/mol. The van der Waals surface area contributed by atoms with Crippen molar-refractivity contribution in [3.8, 4) is 5.75 Å². The Morgan fingerprint density at radius 1 is 1.31 bits per heavy atom. The zero-order valence-corrected chi connectivity index (χ0v) is 11.7. The largest absolute Gasteiger partial charge is 0.494 e. The minimum Gasteiger partial charge on any atom is -0.494 e. The quantitative estimate of drug-likeness (QED) is 0.764. The van der Waals surface area contributed by atoms with E-state index in [9.17, 15) is 0 Å². The van der Waals surface area contributed by atoms with Crippen LogP contribution in [0.4, 0.5) is 0 Å². The predicted molar refractivity (Wildman–Crippen MR) is 70.8 cm³/mol. The van der Waals surface area contributed by atoms with Gasteiger partial charge in [0.25, 0.3) is 0 Å². The molecule has 0 N–H and O–H groups in total. The van der Waals surface area contributed by atoms with E-state index in [0.29, 0.717) is 15.8 Å². The number of aryl methyl sites for hydroxylation is 1. The van der Waals surface area contributed by atoms with Crippen molar-refractivity contribution < 1.29 is 4.74 Å². The van der Waals surface area contributed by atoms with E-state index in [-0.39, 0.29) is 0 Å². The van der Waals surface area contributed by atoms with Crippen LogP contribution in [0.15, 0.2) is 16.6 Å². The molecule has 0 bridgehead atoms. The van der Waals surface area contributed by atoms with Gasteiger partial charge in [0.2, 0.25) is 0 Å². The fourth-order valence-electron chi connectivity index (χ4n) is 1.51. The van der Waals surface area contributed by atoms with E-state index < -0.39 is 0 Å². The topological polar surface area (TPSA) is 22.1 Å². The number of ether oxygens (including phenoxy) is 1. The Morgan fingerprint density at radius 2 is 2.00 bits per heavy atom. The molecule has 0 aliphatic heterocycles. The second-order valence-electron chi connectivity index (χ2n) is 3.33. The lowest BCUT2D eigenvalue weighted by Gasteiger charge is -2.09. The minimum absolute atomic E-state index is 0.573. The molecule has 0 aliphatic carbocycles. The first-order valence-corrected chi connectivity index (χ1v) is 6.08. The highest BCUT2D eigenvalue weighted by Crippen LogP contribution is 2.37. The minimum atomic E-state index is 0.573. The molecular formula is C11H8BrCl2NO. The molecule has 0 amide bonds. The molecule has 1 heterocycles. The third kappa shape index (κ3) is 1.88. The summed E-state index contributed by atoms with van der Waals surface area (Å²) in [6, 6.07) is 3.50. The Morgan fingerprint density at radius 3 is 2.62 bits per heavy atom. The maximum Gasteiger partial charge on any atom is 0.146 e. The molecule has 0 saturated carbocycles. The molecule has 0 unspecified atom stereocenters. The van der Waals surface area contributed by atoms with Crippen molar-refractivity contribution in [3.05, 3.63) is 32.3 Å². The molecule has 5 heteroatoms. The lowest BCUT2D eigenvalue weighted by atomic mass is 10.2. The van der Waals surface area contributed by atoms with E-state index in [1.165, 1.54) is 0 Å². The summed E-state index contributed by atoms with van der Waals surface area (Å²) in [4.78, 5) is 4.43. The third-order valence-corrected chi connectivity index (χ3v) is 4.10. The second kappa shape index (κ2) is 4.40. The van der Waals surface area contributed by atoms with Gasteiger partial charge < -0.3 is 4.74 Å². The van der Waals surface area contributed by atoms with E-state index in [2.05, 4.69) is 20.9 Å². The molecule has 0 atom stereocenters.